The lowest BCUT2D eigenvalue weighted by Gasteiger charge is -2.07. The Balaban J connectivity index is 1.91. The highest BCUT2D eigenvalue weighted by molar-refractivity contribution is 5.34. The molecule has 0 radical (unpaired) electrons. The normalized spacial score (nSPS) is 10.4. The zero-order valence-corrected chi connectivity index (χ0v) is 12.1. The molecular formula is C17H22N2O2. The fourth-order valence-corrected chi connectivity index (χ4v) is 2.00. The van der Waals surface area contributed by atoms with Crippen molar-refractivity contribution in [1.29, 1.82) is 0 Å². The first-order valence-corrected chi connectivity index (χ1v) is 7.15. The fraction of sp³-hybridized carbons (Fsp3) is 0.294. The number of nitrogens with two attached hydrogens (primary N) is 2. The molecule has 0 saturated heterocycles. The quantitative estimate of drug-likeness (QED) is 0.778. The zero-order valence-electron chi connectivity index (χ0n) is 12.1. The second-order valence-corrected chi connectivity index (χ2v) is 4.74. The third kappa shape index (κ3) is 5.10. The Labute approximate surface area is 125 Å². The van der Waals surface area contributed by atoms with Gasteiger partial charge in [0.25, 0.3) is 0 Å². The lowest BCUT2D eigenvalue weighted by molar-refractivity contribution is 0.328. The summed E-state index contributed by atoms with van der Waals surface area (Å²) in [6.45, 7) is 2.15. The van der Waals surface area contributed by atoms with Crippen LogP contribution in [0.25, 0.3) is 0 Å². The van der Waals surface area contributed by atoms with E-state index >= 15 is 0 Å². The van der Waals surface area contributed by atoms with Gasteiger partial charge in [0, 0.05) is 13.1 Å². The molecule has 0 heterocycles. The Kier molecular flexibility index (Phi) is 6.06. The molecule has 2 aromatic carbocycles. The molecule has 0 aliphatic heterocycles. The molecule has 4 N–H and O–H groups in total. The summed E-state index contributed by atoms with van der Waals surface area (Å²) in [6, 6.07) is 16.2. The molecule has 2 rings (SSSR count). The van der Waals surface area contributed by atoms with E-state index in [2.05, 4.69) is 24.3 Å². The van der Waals surface area contributed by atoms with Crippen molar-refractivity contribution in [3.8, 4) is 11.5 Å². The minimum atomic E-state index is 0.528. The van der Waals surface area contributed by atoms with E-state index in [4.69, 9.17) is 20.9 Å². The minimum Gasteiger partial charge on any atom is -0.492 e. The molecule has 0 spiro atoms. The van der Waals surface area contributed by atoms with Crippen molar-refractivity contribution in [3.63, 3.8) is 0 Å². The molecule has 2 aromatic rings. The van der Waals surface area contributed by atoms with E-state index in [1.807, 2.05) is 24.3 Å². The first kappa shape index (κ1) is 15.4. The summed E-state index contributed by atoms with van der Waals surface area (Å²) < 4.78 is 10.9. The first-order valence-electron chi connectivity index (χ1n) is 7.15. The molecule has 4 heteroatoms. The van der Waals surface area contributed by atoms with Crippen molar-refractivity contribution < 1.29 is 9.47 Å². The maximum atomic E-state index is 5.46. The van der Waals surface area contributed by atoms with Crippen LogP contribution in [-0.2, 0) is 6.42 Å². The molecule has 0 atom stereocenters. The molecule has 4 nitrogen and oxygen atoms in total. The van der Waals surface area contributed by atoms with Gasteiger partial charge in [-0.3, -0.25) is 0 Å². The molecule has 0 aromatic heterocycles. The van der Waals surface area contributed by atoms with Crippen LogP contribution in [0.2, 0.25) is 0 Å². The Morgan fingerprint density at radius 1 is 0.619 bits per heavy atom. The predicted octanol–water partition coefficient (Wildman–Crippen LogP) is 1.95. The second kappa shape index (κ2) is 8.29. The number of benzene rings is 2. The SMILES string of the molecule is NCCOc1ccc(Cc2ccc(OCCN)cc2)cc1. The number of hydrogen-bond acceptors (Lipinski definition) is 4. The van der Waals surface area contributed by atoms with Crippen LogP contribution in [-0.4, -0.2) is 26.3 Å². The third-order valence-corrected chi connectivity index (χ3v) is 3.03. The molecule has 0 saturated carbocycles. The van der Waals surface area contributed by atoms with Gasteiger partial charge >= 0.3 is 0 Å². The van der Waals surface area contributed by atoms with Gasteiger partial charge in [-0.2, -0.15) is 0 Å². The molecule has 0 aliphatic carbocycles. The summed E-state index contributed by atoms with van der Waals surface area (Å²) in [5.41, 5.74) is 13.3. The minimum absolute atomic E-state index is 0.528. The number of rotatable bonds is 8. The Hall–Kier alpha value is -2.04. The Morgan fingerprint density at radius 2 is 1.00 bits per heavy atom. The van der Waals surface area contributed by atoms with Gasteiger partial charge in [-0.05, 0) is 41.8 Å². The van der Waals surface area contributed by atoms with E-state index in [-0.39, 0.29) is 0 Å². The monoisotopic (exact) mass is 286 g/mol. The van der Waals surface area contributed by atoms with Crippen molar-refractivity contribution in [2.75, 3.05) is 26.3 Å². The van der Waals surface area contributed by atoms with Crippen LogP contribution < -0.4 is 20.9 Å². The maximum Gasteiger partial charge on any atom is 0.119 e. The van der Waals surface area contributed by atoms with Gasteiger partial charge in [-0.15, -0.1) is 0 Å². The molecule has 21 heavy (non-hydrogen) atoms. The molecule has 0 fully saturated rings. The highest BCUT2D eigenvalue weighted by Crippen LogP contribution is 2.17. The van der Waals surface area contributed by atoms with E-state index in [0.29, 0.717) is 26.3 Å². The van der Waals surface area contributed by atoms with Crippen LogP contribution >= 0.6 is 0 Å². The molecule has 0 amide bonds. The highest BCUT2D eigenvalue weighted by atomic mass is 16.5. The molecule has 0 bridgehead atoms. The summed E-state index contributed by atoms with van der Waals surface area (Å²) >= 11 is 0. The molecule has 0 aliphatic rings. The van der Waals surface area contributed by atoms with E-state index in [0.717, 1.165) is 17.9 Å². The molecule has 112 valence electrons. The van der Waals surface area contributed by atoms with Gasteiger partial charge in [0.2, 0.25) is 0 Å². The average molecular weight is 286 g/mol. The van der Waals surface area contributed by atoms with E-state index in [9.17, 15) is 0 Å². The lowest BCUT2D eigenvalue weighted by atomic mass is 10.0. The van der Waals surface area contributed by atoms with Crippen LogP contribution in [0, 0.1) is 0 Å². The van der Waals surface area contributed by atoms with Crippen LogP contribution in [0.5, 0.6) is 11.5 Å². The summed E-state index contributed by atoms with van der Waals surface area (Å²) in [7, 11) is 0. The largest absolute Gasteiger partial charge is 0.492 e. The number of hydrogen-bond donors (Lipinski definition) is 2. The van der Waals surface area contributed by atoms with Gasteiger partial charge < -0.3 is 20.9 Å². The Bertz CT molecular complexity index is 474. The predicted molar refractivity (Wildman–Crippen MR) is 84.8 cm³/mol. The van der Waals surface area contributed by atoms with E-state index < -0.39 is 0 Å². The summed E-state index contributed by atoms with van der Waals surface area (Å²) in [6.07, 6.45) is 0.883. The van der Waals surface area contributed by atoms with Gasteiger partial charge in [-0.25, -0.2) is 0 Å². The van der Waals surface area contributed by atoms with Crippen molar-refractivity contribution in [2.45, 2.75) is 6.42 Å². The lowest BCUT2D eigenvalue weighted by Crippen LogP contribution is -2.10. The van der Waals surface area contributed by atoms with Crippen LogP contribution in [0.3, 0.4) is 0 Å². The average Bonchev–Trinajstić information content (AvgIpc) is 2.53. The highest BCUT2D eigenvalue weighted by Gasteiger charge is 1.99. The van der Waals surface area contributed by atoms with Crippen LogP contribution in [0.4, 0.5) is 0 Å². The van der Waals surface area contributed by atoms with Crippen molar-refractivity contribution in [1.82, 2.24) is 0 Å². The van der Waals surface area contributed by atoms with Crippen LogP contribution in [0.1, 0.15) is 11.1 Å². The molecule has 0 unspecified atom stereocenters. The second-order valence-electron chi connectivity index (χ2n) is 4.74. The summed E-state index contributed by atoms with van der Waals surface area (Å²) in [4.78, 5) is 0. The number of ether oxygens (including phenoxy) is 2. The maximum absolute atomic E-state index is 5.46. The van der Waals surface area contributed by atoms with Crippen LogP contribution in [0.15, 0.2) is 48.5 Å². The van der Waals surface area contributed by atoms with E-state index in [1.54, 1.807) is 0 Å². The zero-order chi connectivity index (χ0) is 14.9. The standard InChI is InChI=1S/C17H22N2O2/c18-9-11-20-16-5-1-14(2-6-16)13-15-3-7-17(8-4-15)21-12-10-19/h1-8H,9-13,18-19H2. The third-order valence-electron chi connectivity index (χ3n) is 3.03. The van der Waals surface area contributed by atoms with Gasteiger partial charge in [0.05, 0.1) is 0 Å². The summed E-state index contributed by atoms with van der Waals surface area (Å²) in [5.74, 6) is 1.71. The first-order chi connectivity index (χ1) is 10.3. The van der Waals surface area contributed by atoms with Crippen molar-refractivity contribution >= 4 is 0 Å². The van der Waals surface area contributed by atoms with Gasteiger partial charge in [-0.1, -0.05) is 24.3 Å². The van der Waals surface area contributed by atoms with E-state index in [1.165, 1.54) is 11.1 Å². The smallest absolute Gasteiger partial charge is 0.119 e. The molecular weight excluding hydrogens is 264 g/mol. The topological polar surface area (TPSA) is 70.5 Å². The van der Waals surface area contributed by atoms with Gasteiger partial charge in [0.15, 0.2) is 0 Å². The Morgan fingerprint density at radius 3 is 1.33 bits per heavy atom. The summed E-state index contributed by atoms with van der Waals surface area (Å²) in [5, 5.41) is 0. The van der Waals surface area contributed by atoms with Gasteiger partial charge in [0.1, 0.15) is 24.7 Å². The van der Waals surface area contributed by atoms with Crippen molar-refractivity contribution in [3.05, 3.63) is 59.7 Å². The fourth-order valence-electron chi connectivity index (χ4n) is 2.00. The van der Waals surface area contributed by atoms with Crippen molar-refractivity contribution in [2.24, 2.45) is 11.5 Å².